The van der Waals surface area contributed by atoms with Gasteiger partial charge in [0.15, 0.2) is 0 Å². The highest BCUT2D eigenvalue weighted by atomic mass is 16.6. The highest BCUT2D eigenvalue weighted by molar-refractivity contribution is 5.98. The molecule has 1 atom stereocenters. The van der Waals surface area contributed by atoms with Crippen molar-refractivity contribution in [2.75, 3.05) is 4.90 Å². The molecular weight excluding hydrogens is 270 g/mol. The molecule has 114 valence electrons. The van der Waals surface area contributed by atoms with Gasteiger partial charge in [-0.25, -0.2) is 9.59 Å². The first-order chi connectivity index (χ1) is 9.73. The van der Waals surface area contributed by atoms with E-state index in [0.29, 0.717) is 12.1 Å². The van der Waals surface area contributed by atoms with Crippen molar-refractivity contribution >= 4 is 17.7 Å². The summed E-state index contributed by atoms with van der Waals surface area (Å²) in [6.07, 6.45) is 0.577. The molecule has 1 amide bonds. The van der Waals surface area contributed by atoms with E-state index in [-0.39, 0.29) is 0 Å². The zero-order valence-electron chi connectivity index (χ0n) is 12.8. The normalized spacial score (nSPS) is 17.5. The number of carbonyl (C=O) groups excluding carboxylic acids is 1. The van der Waals surface area contributed by atoms with Crippen LogP contribution in [0.5, 0.6) is 0 Å². The highest BCUT2D eigenvalue weighted by Crippen LogP contribution is 2.34. The van der Waals surface area contributed by atoms with Gasteiger partial charge in [-0.1, -0.05) is 19.1 Å². The molecule has 1 unspecified atom stereocenters. The average molecular weight is 291 g/mol. The van der Waals surface area contributed by atoms with Gasteiger partial charge in [0.1, 0.15) is 11.6 Å². The first kappa shape index (κ1) is 15.4. The molecule has 5 heteroatoms. The minimum atomic E-state index is -1.02. The summed E-state index contributed by atoms with van der Waals surface area (Å²) in [5, 5.41) is 9.38. The number of ether oxygens (including phenoxy) is 1. The van der Waals surface area contributed by atoms with Crippen LogP contribution in [0.4, 0.5) is 10.5 Å². The monoisotopic (exact) mass is 291 g/mol. The SMILES string of the molecule is CCc1ccc2c(c1)CC(C(=O)O)N2C(=O)OC(C)(C)C. The molecule has 5 nitrogen and oxygen atoms in total. The summed E-state index contributed by atoms with van der Waals surface area (Å²) in [7, 11) is 0. The second-order valence-electron chi connectivity index (χ2n) is 6.23. The van der Waals surface area contributed by atoms with Crippen LogP contribution in [0.1, 0.15) is 38.8 Å². The first-order valence-corrected chi connectivity index (χ1v) is 7.09. The highest BCUT2D eigenvalue weighted by Gasteiger charge is 2.40. The van der Waals surface area contributed by atoms with Gasteiger partial charge in [0.05, 0.1) is 5.69 Å². The molecule has 0 bridgehead atoms. The Morgan fingerprint density at radius 2 is 2.05 bits per heavy atom. The number of nitrogens with zero attached hydrogens (tertiary/aromatic N) is 1. The van der Waals surface area contributed by atoms with E-state index in [0.717, 1.165) is 17.5 Å². The first-order valence-electron chi connectivity index (χ1n) is 7.09. The van der Waals surface area contributed by atoms with Gasteiger partial charge in [0.25, 0.3) is 0 Å². The summed E-state index contributed by atoms with van der Waals surface area (Å²) >= 11 is 0. The quantitative estimate of drug-likeness (QED) is 0.909. The third-order valence-electron chi connectivity index (χ3n) is 3.41. The number of aliphatic carboxylic acids is 1. The Morgan fingerprint density at radius 1 is 1.38 bits per heavy atom. The van der Waals surface area contributed by atoms with Crippen LogP contribution in [0.15, 0.2) is 18.2 Å². The zero-order chi connectivity index (χ0) is 15.8. The van der Waals surface area contributed by atoms with Crippen LogP contribution in [0.25, 0.3) is 0 Å². The van der Waals surface area contributed by atoms with Crippen molar-refractivity contribution in [3.8, 4) is 0 Å². The number of carbonyl (C=O) groups is 2. The van der Waals surface area contributed by atoms with Gasteiger partial charge in [-0.2, -0.15) is 0 Å². The summed E-state index contributed by atoms with van der Waals surface area (Å²) in [5.41, 5.74) is 1.98. The van der Waals surface area contributed by atoms with Crippen molar-refractivity contribution < 1.29 is 19.4 Å². The number of carboxylic acid groups (broad SMARTS) is 1. The minimum Gasteiger partial charge on any atom is -0.480 e. The van der Waals surface area contributed by atoms with E-state index in [9.17, 15) is 14.7 Å². The number of carboxylic acids is 1. The van der Waals surface area contributed by atoms with Crippen LogP contribution < -0.4 is 4.90 Å². The second-order valence-corrected chi connectivity index (χ2v) is 6.23. The van der Waals surface area contributed by atoms with Gasteiger partial charge in [-0.05, 0) is 44.4 Å². The van der Waals surface area contributed by atoms with Crippen LogP contribution in [0, 0.1) is 0 Å². The smallest absolute Gasteiger partial charge is 0.415 e. The van der Waals surface area contributed by atoms with Crippen molar-refractivity contribution in [1.29, 1.82) is 0 Å². The number of aryl methyl sites for hydroxylation is 1. The number of amides is 1. The van der Waals surface area contributed by atoms with E-state index in [1.807, 2.05) is 19.1 Å². The average Bonchev–Trinajstić information content (AvgIpc) is 2.74. The second kappa shape index (κ2) is 5.39. The molecule has 1 aliphatic heterocycles. The molecule has 21 heavy (non-hydrogen) atoms. The van der Waals surface area contributed by atoms with Crippen LogP contribution in [0.3, 0.4) is 0 Å². The van der Waals surface area contributed by atoms with Crippen molar-refractivity contribution in [2.45, 2.75) is 52.2 Å². The zero-order valence-corrected chi connectivity index (χ0v) is 12.8. The molecule has 1 heterocycles. The molecular formula is C16H21NO4. The van der Waals surface area contributed by atoms with Crippen LogP contribution >= 0.6 is 0 Å². The molecule has 0 aliphatic carbocycles. The molecule has 1 N–H and O–H groups in total. The van der Waals surface area contributed by atoms with E-state index < -0.39 is 23.7 Å². The number of rotatable bonds is 2. The number of hydrogen-bond donors (Lipinski definition) is 1. The van der Waals surface area contributed by atoms with Crippen LogP contribution in [-0.4, -0.2) is 28.8 Å². The maximum absolute atomic E-state index is 12.3. The Kier molecular flexibility index (Phi) is 3.94. The maximum Gasteiger partial charge on any atom is 0.415 e. The predicted octanol–water partition coefficient (Wildman–Crippen LogP) is 3.00. The molecule has 0 aromatic heterocycles. The fourth-order valence-electron chi connectivity index (χ4n) is 2.46. The Labute approximate surface area is 124 Å². The number of fused-ring (bicyclic) bond motifs is 1. The van der Waals surface area contributed by atoms with Gasteiger partial charge in [-0.3, -0.25) is 4.90 Å². The van der Waals surface area contributed by atoms with Crippen LogP contribution in [0.2, 0.25) is 0 Å². The number of anilines is 1. The Balaban J connectivity index is 2.38. The van der Waals surface area contributed by atoms with Gasteiger partial charge in [0, 0.05) is 6.42 Å². The van der Waals surface area contributed by atoms with Gasteiger partial charge in [0.2, 0.25) is 0 Å². The molecule has 1 aromatic rings. The lowest BCUT2D eigenvalue weighted by Gasteiger charge is -2.27. The third kappa shape index (κ3) is 3.17. The fraction of sp³-hybridized carbons (Fsp3) is 0.500. The molecule has 0 fully saturated rings. The van der Waals surface area contributed by atoms with E-state index in [1.54, 1.807) is 26.8 Å². The number of hydrogen-bond acceptors (Lipinski definition) is 3. The van der Waals surface area contributed by atoms with E-state index in [2.05, 4.69) is 0 Å². The van der Waals surface area contributed by atoms with Crippen molar-refractivity contribution in [3.63, 3.8) is 0 Å². The molecule has 0 spiro atoms. The van der Waals surface area contributed by atoms with Gasteiger partial charge >= 0.3 is 12.1 Å². The summed E-state index contributed by atoms with van der Waals surface area (Å²) in [5.74, 6) is -1.02. The van der Waals surface area contributed by atoms with Gasteiger partial charge in [-0.15, -0.1) is 0 Å². The predicted molar refractivity (Wildman–Crippen MR) is 79.7 cm³/mol. The number of benzene rings is 1. The largest absolute Gasteiger partial charge is 0.480 e. The molecule has 1 aliphatic rings. The molecule has 2 rings (SSSR count). The lowest BCUT2D eigenvalue weighted by molar-refractivity contribution is -0.138. The summed E-state index contributed by atoms with van der Waals surface area (Å²) in [6.45, 7) is 7.32. The van der Waals surface area contributed by atoms with Crippen molar-refractivity contribution in [3.05, 3.63) is 29.3 Å². The topological polar surface area (TPSA) is 66.8 Å². The molecule has 0 saturated carbocycles. The van der Waals surface area contributed by atoms with Crippen molar-refractivity contribution in [1.82, 2.24) is 0 Å². The Hall–Kier alpha value is -2.04. The van der Waals surface area contributed by atoms with Crippen molar-refractivity contribution in [2.24, 2.45) is 0 Å². The van der Waals surface area contributed by atoms with E-state index in [4.69, 9.17) is 4.74 Å². The van der Waals surface area contributed by atoms with Gasteiger partial charge < -0.3 is 9.84 Å². The lowest BCUT2D eigenvalue weighted by Crippen LogP contribution is -2.45. The summed E-state index contributed by atoms with van der Waals surface area (Å²) < 4.78 is 5.34. The van der Waals surface area contributed by atoms with E-state index in [1.165, 1.54) is 4.90 Å². The van der Waals surface area contributed by atoms with E-state index >= 15 is 0 Å². The lowest BCUT2D eigenvalue weighted by atomic mass is 10.1. The minimum absolute atomic E-state index is 0.317. The maximum atomic E-state index is 12.3. The summed E-state index contributed by atoms with van der Waals surface area (Å²) in [4.78, 5) is 25.0. The summed E-state index contributed by atoms with van der Waals surface area (Å²) in [6, 6.07) is 4.79. The fourth-order valence-corrected chi connectivity index (χ4v) is 2.46. The third-order valence-corrected chi connectivity index (χ3v) is 3.41. The molecule has 1 aromatic carbocycles. The Morgan fingerprint density at radius 3 is 2.57 bits per heavy atom. The van der Waals surface area contributed by atoms with Crippen LogP contribution in [-0.2, 0) is 22.4 Å². The molecule has 0 radical (unpaired) electrons. The molecule has 0 saturated heterocycles. The standard InChI is InChI=1S/C16H21NO4/c1-5-10-6-7-12-11(8-10)9-13(14(18)19)17(12)15(20)21-16(2,3)4/h6-8,13H,5,9H2,1-4H3,(H,18,19). The Bertz CT molecular complexity index is 574.